The molecule has 0 atom stereocenters. The summed E-state index contributed by atoms with van der Waals surface area (Å²) < 4.78 is 0. The largest absolute Gasteiger partial charge is 0.234 e. The Hall–Kier alpha value is -2.36. The van der Waals surface area contributed by atoms with Crippen molar-refractivity contribution in [3.05, 3.63) is 70.3 Å². The molecule has 0 bridgehead atoms. The van der Waals surface area contributed by atoms with Crippen LogP contribution in [0.5, 0.6) is 0 Å². The van der Waals surface area contributed by atoms with Crippen molar-refractivity contribution in [3.8, 4) is 0 Å². The first-order chi connectivity index (χ1) is 8.18. The summed E-state index contributed by atoms with van der Waals surface area (Å²) >= 11 is 0. The van der Waals surface area contributed by atoms with Crippen LogP contribution < -0.4 is 5.01 Å². The van der Waals surface area contributed by atoms with E-state index in [4.69, 9.17) is 0 Å². The van der Waals surface area contributed by atoms with Crippen LogP contribution in [0.2, 0.25) is 0 Å². The van der Waals surface area contributed by atoms with E-state index in [1.807, 2.05) is 25.1 Å². The summed E-state index contributed by atoms with van der Waals surface area (Å²) in [7, 11) is 0. The van der Waals surface area contributed by atoms with E-state index < -0.39 is 5.03 Å². The molecular weight excluding hydrogens is 216 g/mol. The third-order valence-corrected chi connectivity index (χ3v) is 2.44. The quantitative estimate of drug-likeness (QED) is 0.598. The maximum absolute atomic E-state index is 11.1. The van der Waals surface area contributed by atoms with Crippen molar-refractivity contribution < 1.29 is 5.03 Å². The number of rotatable bonds is 3. The third-order valence-electron chi connectivity index (χ3n) is 2.44. The van der Waals surface area contributed by atoms with E-state index in [0.29, 0.717) is 11.4 Å². The summed E-state index contributed by atoms with van der Waals surface area (Å²) in [6.45, 7) is 1.95. The fraction of sp³-hybridized carbons (Fsp3) is 0.0769. The van der Waals surface area contributed by atoms with Gasteiger partial charge in [-0.1, -0.05) is 40.9 Å². The van der Waals surface area contributed by atoms with Crippen LogP contribution in [0.3, 0.4) is 0 Å². The van der Waals surface area contributed by atoms with Gasteiger partial charge >= 0.3 is 0 Å². The lowest BCUT2D eigenvalue weighted by Gasteiger charge is -2.13. The normalized spacial score (nSPS) is 9.94. The maximum Gasteiger partial charge on any atom is 0.170 e. The molecule has 4 nitrogen and oxygen atoms in total. The molecule has 0 saturated heterocycles. The highest BCUT2D eigenvalue weighted by molar-refractivity contribution is 5.59. The standard InChI is InChI=1S/C13H12N2O2/c1-11-7-9-13(10-8-11)14(15(16)17)12-5-3-2-4-6-12/h2-10H,1H3. The molecule has 0 N–H and O–H groups in total. The van der Waals surface area contributed by atoms with Gasteiger partial charge in [-0.05, 0) is 31.2 Å². The number of nitro groups is 1. The van der Waals surface area contributed by atoms with Crippen molar-refractivity contribution >= 4 is 11.4 Å². The molecule has 0 fully saturated rings. The van der Waals surface area contributed by atoms with E-state index in [-0.39, 0.29) is 0 Å². The Kier molecular flexibility index (Phi) is 3.05. The van der Waals surface area contributed by atoms with E-state index in [1.54, 1.807) is 36.4 Å². The van der Waals surface area contributed by atoms with E-state index in [0.717, 1.165) is 10.6 Å². The molecule has 86 valence electrons. The van der Waals surface area contributed by atoms with Crippen LogP contribution in [0, 0.1) is 17.0 Å². The monoisotopic (exact) mass is 228 g/mol. The second-order valence-corrected chi connectivity index (χ2v) is 3.72. The topological polar surface area (TPSA) is 46.4 Å². The van der Waals surface area contributed by atoms with Crippen molar-refractivity contribution in [3.63, 3.8) is 0 Å². The summed E-state index contributed by atoms with van der Waals surface area (Å²) in [5.41, 5.74) is 2.17. The predicted molar refractivity (Wildman–Crippen MR) is 66.8 cm³/mol. The molecule has 0 aliphatic heterocycles. The van der Waals surface area contributed by atoms with Gasteiger partial charge in [0.1, 0.15) is 11.4 Å². The molecule has 17 heavy (non-hydrogen) atoms. The van der Waals surface area contributed by atoms with Gasteiger partial charge in [0.2, 0.25) is 0 Å². The van der Waals surface area contributed by atoms with E-state index >= 15 is 0 Å². The fourth-order valence-electron chi connectivity index (χ4n) is 1.59. The van der Waals surface area contributed by atoms with Gasteiger partial charge in [0.15, 0.2) is 5.03 Å². The first-order valence-corrected chi connectivity index (χ1v) is 5.24. The number of hydrazine groups is 1. The molecule has 0 saturated carbocycles. The Balaban J connectivity index is 2.43. The minimum absolute atomic E-state index is 0.417. The number of hydrogen-bond donors (Lipinski definition) is 0. The number of hydrogen-bond acceptors (Lipinski definition) is 2. The highest BCUT2D eigenvalue weighted by Crippen LogP contribution is 2.24. The van der Waals surface area contributed by atoms with Crippen molar-refractivity contribution in [2.75, 3.05) is 5.01 Å². The number of anilines is 2. The van der Waals surface area contributed by atoms with Gasteiger partial charge in [0.05, 0.1) is 0 Å². The lowest BCUT2D eigenvalue weighted by molar-refractivity contribution is -0.483. The van der Waals surface area contributed by atoms with E-state index in [1.165, 1.54) is 0 Å². The van der Waals surface area contributed by atoms with Crippen LogP contribution in [-0.4, -0.2) is 5.03 Å². The lowest BCUT2D eigenvalue weighted by atomic mass is 10.2. The van der Waals surface area contributed by atoms with Crippen LogP contribution >= 0.6 is 0 Å². The van der Waals surface area contributed by atoms with Crippen molar-refractivity contribution in [1.29, 1.82) is 0 Å². The van der Waals surface area contributed by atoms with Crippen LogP contribution in [0.25, 0.3) is 0 Å². The Bertz CT molecular complexity index is 509. The molecule has 0 heterocycles. The molecule has 2 aromatic carbocycles. The van der Waals surface area contributed by atoms with Crippen molar-refractivity contribution in [1.82, 2.24) is 0 Å². The Morgan fingerprint density at radius 2 is 1.47 bits per heavy atom. The zero-order valence-corrected chi connectivity index (χ0v) is 9.41. The van der Waals surface area contributed by atoms with Crippen LogP contribution in [0.1, 0.15) is 5.56 Å². The summed E-state index contributed by atoms with van der Waals surface area (Å²) in [5.74, 6) is 0. The molecule has 4 heteroatoms. The van der Waals surface area contributed by atoms with Gasteiger partial charge < -0.3 is 0 Å². The summed E-state index contributed by atoms with van der Waals surface area (Å²) in [6, 6.07) is 16.0. The van der Waals surface area contributed by atoms with E-state index in [9.17, 15) is 10.1 Å². The maximum atomic E-state index is 11.1. The molecule has 0 spiro atoms. The smallest absolute Gasteiger partial charge is 0.170 e. The Labute approximate surface area is 99.2 Å². The van der Waals surface area contributed by atoms with Crippen LogP contribution in [0.15, 0.2) is 54.6 Å². The second kappa shape index (κ2) is 4.65. The SMILES string of the molecule is Cc1ccc(N(c2ccccc2)[N+](=O)[O-])cc1. The molecule has 0 unspecified atom stereocenters. The van der Waals surface area contributed by atoms with Crippen LogP contribution in [0.4, 0.5) is 11.4 Å². The van der Waals surface area contributed by atoms with Crippen molar-refractivity contribution in [2.24, 2.45) is 0 Å². The number of benzene rings is 2. The first kappa shape index (κ1) is 11.1. The van der Waals surface area contributed by atoms with E-state index in [2.05, 4.69) is 0 Å². The summed E-state index contributed by atoms with van der Waals surface area (Å²) in [6.07, 6.45) is 0. The Morgan fingerprint density at radius 3 is 2.00 bits per heavy atom. The number of nitrogens with zero attached hydrogens (tertiary/aromatic N) is 2. The minimum Gasteiger partial charge on any atom is -0.234 e. The average molecular weight is 228 g/mol. The minimum atomic E-state index is -0.417. The average Bonchev–Trinajstić information content (AvgIpc) is 2.33. The Morgan fingerprint density at radius 1 is 0.941 bits per heavy atom. The molecule has 0 aliphatic rings. The van der Waals surface area contributed by atoms with Gasteiger partial charge in [-0.2, -0.15) is 0 Å². The fourth-order valence-corrected chi connectivity index (χ4v) is 1.59. The zero-order chi connectivity index (χ0) is 12.3. The summed E-state index contributed by atoms with van der Waals surface area (Å²) in [5, 5.41) is 11.8. The molecule has 2 aromatic rings. The molecule has 2 rings (SSSR count). The zero-order valence-electron chi connectivity index (χ0n) is 9.41. The molecule has 0 aromatic heterocycles. The van der Waals surface area contributed by atoms with Gasteiger partial charge in [-0.3, -0.25) is 0 Å². The van der Waals surface area contributed by atoms with Gasteiger partial charge in [0.25, 0.3) is 0 Å². The molecule has 0 amide bonds. The number of aryl methyl sites for hydroxylation is 1. The molecular formula is C13H12N2O2. The third kappa shape index (κ3) is 2.42. The molecule has 0 radical (unpaired) electrons. The van der Waals surface area contributed by atoms with Crippen molar-refractivity contribution in [2.45, 2.75) is 6.92 Å². The highest BCUT2D eigenvalue weighted by atomic mass is 16.7. The molecule has 0 aliphatic carbocycles. The predicted octanol–water partition coefficient (Wildman–Crippen LogP) is 3.32. The second-order valence-electron chi connectivity index (χ2n) is 3.72. The summed E-state index contributed by atoms with van der Waals surface area (Å²) in [4.78, 5) is 11.1. The van der Waals surface area contributed by atoms with Gasteiger partial charge in [0, 0.05) is 0 Å². The van der Waals surface area contributed by atoms with Gasteiger partial charge in [-0.15, -0.1) is 0 Å². The van der Waals surface area contributed by atoms with Gasteiger partial charge in [-0.25, -0.2) is 10.1 Å². The first-order valence-electron chi connectivity index (χ1n) is 5.24. The highest BCUT2D eigenvalue weighted by Gasteiger charge is 2.18. The number of para-hydroxylation sites is 1. The van der Waals surface area contributed by atoms with Crippen LogP contribution in [-0.2, 0) is 0 Å². The lowest BCUT2D eigenvalue weighted by Crippen LogP contribution is -2.24.